The van der Waals surface area contributed by atoms with Crippen LogP contribution in [-0.2, 0) is 0 Å². The maximum Gasteiger partial charge on any atom is 0.253 e. The summed E-state index contributed by atoms with van der Waals surface area (Å²) >= 11 is 0. The van der Waals surface area contributed by atoms with E-state index in [1.807, 2.05) is 0 Å². The average Bonchev–Trinajstić information content (AvgIpc) is 2.78. The summed E-state index contributed by atoms with van der Waals surface area (Å²) in [5.41, 5.74) is 4.85. The Kier molecular flexibility index (Phi) is 3.75. The molecule has 104 valence electrons. The number of likely N-dealkylation sites (N-methyl/N-ethyl adjacent to an activating group) is 1. The number of hydrogen-bond acceptors (Lipinski definition) is 3. The average molecular weight is 266 g/mol. The van der Waals surface area contributed by atoms with Crippen LogP contribution in [0.3, 0.4) is 0 Å². The molecule has 1 aliphatic carbocycles. The molecule has 0 atom stereocenters. The molecule has 1 fully saturated rings. The number of benzene rings is 1. The van der Waals surface area contributed by atoms with E-state index in [0.717, 1.165) is 18.9 Å². The van der Waals surface area contributed by atoms with E-state index in [2.05, 4.69) is 0 Å². The first-order chi connectivity index (χ1) is 8.91. The molecule has 1 aromatic carbocycles. The monoisotopic (exact) mass is 266 g/mol. The van der Waals surface area contributed by atoms with Gasteiger partial charge in [-0.15, -0.1) is 0 Å². The van der Waals surface area contributed by atoms with Crippen LogP contribution in [0.5, 0.6) is 0 Å². The highest BCUT2D eigenvalue weighted by Gasteiger charge is 2.33. The number of nitrogens with two attached hydrogens (primary N) is 1. The van der Waals surface area contributed by atoms with Gasteiger partial charge in [-0.25, -0.2) is 4.39 Å². The van der Waals surface area contributed by atoms with Crippen molar-refractivity contribution in [2.45, 2.75) is 31.3 Å². The third kappa shape index (κ3) is 3.04. The number of nitrogens with zero attached hydrogens (tertiary/aromatic N) is 1. The number of rotatable bonds is 3. The second-order valence-electron chi connectivity index (χ2n) is 5.33. The van der Waals surface area contributed by atoms with Gasteiger partial charge >= 0.3 is 0 Å². The number of carbonyl (C=O) groups is 1. The molecule has 0 spiro atoms. The summed E-state index contributed by atoms with van der Waals surface area (Å²) < 4.78 is 13.3. The smallest absolute Gasteiger partial charge is 0.253 e. The van der Waals surface area contributed by atoms with Crippen LogP contribution in [0.15, 0.2) is 18.2 Å². The van der Waals surface area contributed by atoms with Gasteiger partial charge in [0.2, 0.25) is 0 Å². The third-order valence-electron chi connectivity index (χ3n) is 3.66. The first-order valence-electron chi connectivity index (χ1n) is 6.44. The molecule has 0 aliphatic heterocycles. The van der Waals surface area contributed by atoms with Crippen LogP contribution < -0.4 is 5.73 Å². The fraction of sp³-hybridized carbons (Fsp3) is 0.500. The van der Waals surface area contributed by atoms with Gasteiger partial charge in [0.05, 0.1) is 11.3 Å². The SMILES string of the molecule is CN(CC1(O)CCCC1)C(=O)c1ccc(N)c(F)c1. The van der Waals surface area contributed by atoms with Crippen LogP contribution in [0.1, 0.15) is 36.0 Å². The lowest BCUT2D eigenvalue weighted by Gasteiger charge is -2.28. The summed E-state index contributed by atoms with van der Waals surface area (Å²) in [7, 11) is 1.62. The van der Waals surface area contributed by atoms with Gasteiger partial charge in [0.25, 0.3) is 5.91 Å². The minimum atomic E-state index is -0.795. The van der Waals surface area contributed by atoms with Gasteiger partial charge in [0.15, 0.2) is 0 Å². The fourth-order valence-corrected chi connectivity index (χ4v) is 2.59. The predicted molar refractivity (Wildman–Crippen MR) is 71.2 cm³/mol. The Morgan fingerprint density at radius 2 is 2.11 bits per heavy atom. The Bertz CT molecular complexity index is 484. The molecular weight excluding hydrogens is 247 g/mol. The predicted octanol–water partition coefficient (Wildman–Crippen LogP) is 1.78. The summed E-state index contributed by atoms with van der Waals surface area (Å²) in [5, 5.41) is 10.3. The van der Waals surface area contributed by atoms with Crippen LogP contribution in [0, 0.1) is 5.82 Å². The molecule has 19 heavy (non-hydrogen) atoms. The van der Waals surface area contributed by atoms with E-state index in [1.165, 1.54) is 17.0 Å². The van der Waals surface area contributed by atoms with Gasteiger partial charge in [-0.2, -0.15) is 0 Å². The lowest BCUT2D eigenvalue weighted by atomic mass is 10.0. The number of hydrogen-bond donors (Lipinski definition) is 2. The molecule has 0 radical (unpaired) electrons. The van der Waals surface area contributed by atoms with Crippen molar-refractivity contribution < 1.29 is 14.3 Å². The number of anilines is 1. The van der Waals surface area contributed by atoms with E-state index in [0.29, 0.717) is 12.8 Å². The summed E-state index contributed by atoms with van der Waals surface area (Å²) in [4.78, 5) is 13.6. The maximum absolute atomic E-state index is 13.3. The van der Waals surface area contributed by atoms with Crippen LogP contribution in [-0.4, -0.2) is 35.1 Å². The molecule has 5 heteroatoms. The van der Waals surface area contributed by atoms with E-state index < -0.39 is 11.4 Å². The topological polar surface area (TPSA) is 66.6 Å². The van der Waals surface area contributed by atoms with E-state index in [-0.39, 0.29) is 23.7 Å². The van der Waals surface area contributed by atoms with Crippen molar-refractivity contribution >= 4 is 11.6 Å². The maximum atomic E-state index is 13.3. The minimum absolute atomic E-state index is 0.0219. The normalized spacial score (nSPS) is 17.4. The Morgan fingerprint density at radius 3 is 2.68 bits per heavy atom. The number of nitrogen functional groups attached to an aromatic ring is 1. The van der Waals surface area contributed by atoms with Gasteiger partial charge in [-0.05, 0) is 31.0 Å². The number of halogens is 1. The Labute approximate surface area is 112 Å². The highest BCUT2D eigenvalue weighted by atomic mass is 19.1. The van der Waals surface area contributed by atoms with Crippen molar-refractivity contribution in [1.29, 1.82) is 0 Å². The zero-order valence-electron chi connectivity index (χ0n) is 11.0. The van der Waals surface area contributed by atoms with Gasteiger partial charge < -0.3 is 15.7 Å². The highest BCUT2D eigenvalue weighted by molar-refractivity contribution is 5.94. The Morgan fingerprint density at radius 1 is 1.47 bits per heavy atom. The Hall–Kier alpha value is -1.62. The zero-order valence-corrected chi connectivity index (χ0v) is 11.0. The molecule has 1 amide bonds. The van der Waals surface area contributed by atoms with Crippen molar-refractivity contribution in [3.63, 3.8) is 0 Å². The van der Waals surface area contributed by atoms with Crippen molar-refractivity contribution in [1.82, 2.24) is 4.90 Å². The van der Waals surface area contributed by atoms with Crippen LogP contribution >= 0.6 is 0 Å². The van der Waals surface area contributed by atoms with E-state index in [4.69, 9.17) is 5.73 Å². The molecule has 1 aliphatic rings. The highest BCUT2D eigenvalue weighted by Crippen LogP contribution is 2.30. The second kappa shape index (κ2) is 5.17. The van der Waals surface area contributed by atoms with Crippen LogP contribution in [0.4, 0.5) is 10.1 Å². The quantitative estimate of drug-likeness (QED) is 0.820. The first-order valence-corrected chi connectivity index (χ1v) is 6.44. The molecule has 0 saturated heterocycles. The summed E-state index contributed by atoms with van der Waals surface area (Å²) in [6, 6.07) is 4.00. The summed E-state index contributed by atoms with van der Waals surface area (Å²) in [5.74, 6) is -0.905. The van der Waals surface area contributed by atoms with Crippen molar-refractivity contribution in [2.75, 3.05) is 19.3 Å². The number of aliphatic hydroxyl groups is 1. The van der Waals surface area contributed by atoms with E-state index in [1.54, 1.807) is 7.05 Å². The zero-order chi connectivity index (χ0) is 14.0. The molecular formula is C14H19FN2O2. The first kappa shape index (κ1) is 13.8. The van der Waals surface area contributed by atoms with E-state index in [9.17, 15) is 14.3 Å². The molecule has 0 heterocycles. The summed E-state index contributed by atoms with van der Waals surface area (Å²) in [6.45, 7) is 0.276. The summed E-state index contributed by atoms with van der Waals surface area (Å²) in [6.07, 6.45) is 3.38. The van der Waals surface area contributed by atoms with Gasteiger partial charge in [-0.3, -0.25) is 4.79 Å². The number of carbonyl (C=O) groups excluding carboxylic acids is 1. The molecule has 3 N–H and O–H groups in total. The third-order valence-corrected chi connectivity index (χ3v) is 3.66. The van der Waals surface area contributed by atoms with Crippen molar-refractivity contribution in [3.8, 4) is 0 Å². The van der Waals surface area contributed by atoms with Crippen molar-refractivity contribution in [2.24, 2.45) is 0 Å². The minimum Gasteiger partial charge on any atom is -0.396 e. The molecule has 2 rings (SSSR count). The van der Waals surface area contributed by atoms with Crippen molar-refractivity contribution in [3.05, 3.63) is 29.6 Å². The molecule has 1 aromatic rings. The molecule has 0 bridgehead atoms. The lowest BCUT2D eigenvalue weighted by Crippen LogP contribution is -2.42. The van der Waals surface area contributed by atoms with Gasteiger partial charge in [0, 0.05) is 19.2 Å². The molecule has 4 nitrogen and oxygen atoms in total. The van der Waals surface area contributed by atoms with E-state index >= 15 is 0 Å². The van der Waals surface area contributed by atoms with Gasteiger partial charge in [-0.1, -0.05) is 12.8 Å². The number of amides is 1. The lowest BCUT2D eigenvalue weighted by molar-refractivity contribution is 0.0156. The van der Waals surface area contributed by atoms with Crippen LogP contribution in [0.25, 0.3) is 0 Å². The molecule has 0 aromatic heterocycles. The second-order valence-corrected chi connectivity index (χ2v) is 5.33. The standard InChI is InChI=1S/C14H19FN2O2/c1-17(9-14(19)6-2-3-7-14)13(18)10-4-5-12(16)11(15)8-10/h4-5,8,19H,2-3,6-7,9,16H2,1H3. The fourth-order valence-electron chi connectivity index (χ4n) is 2.59. The van der Waals surface area contributed by atoms with Crippen LogP contribution in [0.2, 0.25) is 0 Å². The largest absolute Gasteiger partial charge is 0.396 e. The Balaban J connectivity index is 2.08. The van der Waals surface area contributed by atoms with Gasteiger partial charge in [0.1, 0.15) is 5.82 Å². The molecule has 0 unspecified atom stereocenters. The molecule has 1 saturated carbocycles.